The highest BCUT2D eigenvalue weighted by Gasteiger charge is 2.24. The third kappa shape index (κ3) is 17.9. The van der Waals surface area contributed by atoms with Crippen LogP contribution in [0.25, 0.3) is 103 Å². The van der Waals surface area contributed by atoms with Crippen molar-refractivity contribution in [2.75, 3.05) is 18.0 Å². The van der Waals surface area contributed by atoms with Crippen LogP contribution >= 0.6 is 11.8 Å². The Bertz CT molecular complexity index is 4950. The summed E-state index contributed by atoms with van der Waals surface area (Å²) in [5, 5.41) is 27.7. The molecule has 12 rings (SSSR count). The van der Waals surface area contributed by atoms with E-state index in [1.165, 1.54) is 22.9 Å². The number of aryl methyl sites for hydroxylation is 1. The minimum Gasteiger partial charge on any atom is -0.415 e. The molecule has 0 spiro atoms. The van der Waals surface area contributed by atoms with Gasteiger partial charge in [-0.1, -0.05) is 93.6 Å². The van der Waals surface area contributed by atoms with Crippen molar-refractivity contribution in [3.63, 3.8) is 0 Å². The van der Waals surface area contributed by atoms with Gasteiger partial charge in [0.25, 0.3) is 17.7 Å². The average Bonchev–Trinajstić information content (AvgIpc) is 1.45. The summed E-state index contributed by atoms with van der Waals surface area (Å²) in [7, 11) is -6.72. The number of sulfone groups is 2. The fourth-order valence-electron chi connectivity index (χ4n) is 9.56. The first-order valence-corrected chi connectivity index (χ1v) is 35.4. The maximum absolute atomic E-state index is 12.4. The second-order valence-corrected chi connectivity index (χ2v) is 30.3. The van der Waals surface area contributed by atoms with Gasteiger partial charge in [-0.15, -0.1) is 42.4 Å². The fraction of sp³-hybridized carbons (Fsp3) is 0.239. The van der Waals surface area contributed by atoms with Crippen molar-refractivity contribution in [1.29, 1.82) is 0 Å². The van der Waals surface area contributed by atoms with E-state index in [2.05, 4.69) is 118 Å². The Labute approximate surface area is 586 Å². The lowest BCUT2D eigenvalue weighted by Crippen LogP contribution is -2.13. The number of anilines is 2. The molecule has 2 atom stereocenters. The third-order valence-electron chi connectivity index (χ3n) is 15.3. The van der Waals surface area contributed by atoms with E-state index in [1.807, 2.05) is 93.2 Å². The van der Waals surface area contributed by atoms with Crippen LogP contribution in [0.1, 0.15) is 99.6 Å². The second kappa shape index (κ2) is 33.0. The molecule has 12 aromatic rings. The van der Waals surface area contributed by atoms with Gasteiger partial charge in [-0.2, -0.15) is 0 Å². The van der Waals surface area contributed by atoms with E-state index >= 15 is 0 Å². The largest absolute Gasteiger partial charge is 0.415 e. The fourth-order valence-corrected chi connectivity index (χ4v) is 12.5. The van der Waals surface area contributed by atoms with Crippen LogP contribution in [0.5, 0.6) is 0 Å². The van der Waals surface area contributed by atoms with Gasteiger partial charge >= 0.3 is 0 Å². The van der Waals surface area contributed by atoms with Crippen LogP contribution in [-0.2, 0) is 26.2 Å². The van der Waals surface area contributed by atoms with E-state index in [4.69, 9.17) is 41.2 Å². The number of hydrogen-bond donors (Lipinski definition) is 5. The molecular formula is C71H83N17O9S3. The molecular weight excluding hydrogens is 1330 g/mol. The molecule has 0 radical (unpaired) electrons. The first-order valence-electron chi connectivity index (χ1n) is 31.4. The summed E-state index contributed by atoms with van der Waals surface area (Å²) in [4.78, 5) is 28.5. The van der Waals surface area contributed by atoms with E-state index in [1.54, 1.807) is 82.4 Å². The number of rotatable bonds is 20. The number of nitrogens with one attached hydrogen (secondary N) is 1. The molecule has 0 unspecified atom stereocenters. The lowest BCUT2D eigenvalue weighted by molar-refractivity contribution is 0.581. The van der Waals surface area contributed by atoms with Gasteiger partial charge in [0, 0.05) is 65.0 Å². The maximum atomic E-state index is 12.4. The molecule has 26 nitrogen and oxygen atoms in total. The highest BCUT2D eigenvalue weighted by atomic mass is 32.2. The molecule has 0 aliphatic rings. The van der Waals surface area contributed by atoms with Gasteiger partial charge in [-0.3, -0.25) is 4.98 Å². The van der Waals surface area contributed by atoms with E-state index < -0.39 is 30.2 Å². The lowest BCUT2D eigenvalue weighted by Gasteiger charge is -2.09. The van der Waals surface area contributed by atoms with Crippen LogP contribution in [0.15, 0.2) is 192 Å². The normalized spacial score (nSPS) is 12.0. The Balaban J connectivity index is 0.000000236. The van der Waals surface area contributed by atoms with Crippen LogP contribution in [-0.4, -0.2) is 111 Å². The molecule has 6 aromatic carbocycles. The minimum absolute atomic E-state index is 0. The Hall–Kier alpha value is -10.4. The predicted octanol–water partition coefficient (Wildman–Crippen LogP) is 11.9. The molecule has 0 saturated heterocycles. The topological polar surface area (TPSA) is 441 Å². The van der Waals surface area contributed by atoms with Crippen LogP contribution in [0.4, 0.5) is 11.6 Å². The van der Waals surface area contributed by atoms with E-state index in [-0.39, 0.29) is 70.5 Å². The summed E-state index contributed by atoms with van der Waals surface area (Å²) in [6.45, 7) is 20.5. The van der Waals surface area contributed by atoms with Crippen molar-refractivity contribution in [1.82, 2.24) is 65.8 Å². The summed E-state index contributed by atoms with van der Waals surface area (Å²) in [5.41, 5.74) is 35.4. The first-order chi connectivity index (χ1) is 46.9. The number of hydrogen-bond acceptors (Lipinski definition) is 25. The second-order valence-electron chi connectivity index (χ2n) is 23.6. The summed E-state index contributed by atoms with van der Waals surface area (Å²) < 4.78 is 67.0. The Morgan fingerprint density at radius 2 is 0.840 bits per heavy atom. The molecule has 0 saturated carbocycles. The van der Waals surface area contributed by atoms with Crippen LogP contribution in [0.3, 0.4) is 0 Å². The number of nitrogen functional groups attached to an aromatic ring is 2. The van der Waals surface area contributed by atoms with Gasteiger partial charge in [0.1, 0.15) is 5.69 Å². The van der Waals surface area contributed by atoms with Crippen molar-refractivity contribution in [2.45, 2.75) is 118 Å². The van der Waals surface area contributed by atoms with Crippen LogP contribution in [0, 0.1) is 6.92 Å². The van der Waals surface area contributed by atoms with E-state index in [0.29, 0.717) is 57.0 Å². The standard InChI is InChI=1S/C25H27N5OS.2C23H24N6O3S.2H2O.2H2/c1-5-26-14-18-6-8-20(9-7-18)24-29-30-25(31-24)23-17(4)27-15-22(28-23)19-10-12-21(13-11-19)32-16(2)3;1-13(2)33(30,31)18-10-8-16(9-11-18)19-12-26-21(25)20(27-19)23-29-28-22(32-23)17-6-4-15(5-7-17)14(3)24;1-13(2)33(30,31)18-9-7-15(8-10-18)19-12-26-21(25)20(27-19)23-29-28-22(32-23)17-6-4-5-16(11-17)14(3)24;;;;/h6-13,15-16,26H,5,14H2,1-4H3;2*4-14H,24H2,1-3H3,(H2,25,26);2*1H2;2*1H/t;2*14-;;;;/m.10..../s1. The maximum Gasteiger partial charge on any atom is 0.270 e. The smallest absolute Gasteiger partial charge is 0.270 e. The van der Waals surface area contributed by atoms with Gasteiger partial charge in [0.15, 0.2) is 42.7 Å². The SMILES string of the molecule is CC(C)S(=O)(=O)c1ccc(-c2cnc(N)c(-c3nnc(-c4ccc([C@@H](C)N)cc4)o3)n2)cc1.CC(C)S(=O)(=O)c1ccc(-c2cnc(N)c(-c3nnc(-c4cccc([C@H](C)N)c4)o3)n2)cc1.CCNCc1ccc(-c2nnc(-c3nc(-c4ccc(SC(C)C)cc4)cnc3C)o2)cc1.O.O.[HH].[HH]. The molecule has 524 valence electrons. The summed E-state index contributed by atoms with van der Waals surface area (Å²) in [6.07, 6.45) is 4.80. The molecule has 29 heteroatoms. The van der Waals surface area contributed by atoms with Crippen molar-refractivity contribution < 1.29 is 43.9 Å². The van der Waals surface area contributed by atoms with Gasteiger partial charge in [-0.05, 0) is 144 Å². The van der Waals surface area contributed by atoms with Crippen LogP contribution < -0.4 is 28.3 Å². The predicted molar refractivity (Wildman–Crippen MR) is 392 cm³/mol. The van der Waals surface area contributed by atoms with Gasteiger partial charge in [0.05, 0.1) is 61.7 Å². The summed E-state index contributed by atoms with van der Waals surface area (Å²) in [5.74, 6) is 2.00. The molecule has 0 aliphatic carbocycles. The number of nitrogens with zero attached hydrogens (tertiary/aromatic N) is 12. The minimum atomic E-state index is -3.36. The van der Waals surface area contributed by atoms with Crippen molar-refractivity contribution in [3.05, 3.63) is 187 Å². The Morgan fingerprint density at radius 3 is 1.26 bits per heavy atom. The molecule has 0 fully saturated rings. The number of thioether (sulfide) groups is 1. The zero-order chi connectivity index (χ0) is 70.0. The molecule has 6 heterocycles. The van der Waals surface area contributed by atoms with Crippen molar-refractivity contribution in [2.24, 2.45) is 11.5 Å². The average molecular weight is 1410 g/mol. The summed E-state index contributed by atoms with van der Waals surface area (Å²) in [6, 6.07) is 44.3. The Morgan fingerprint density at radius 1 is 0.460 bits per heavy atom. The molecule has 0 bridgehead atoms. The van der Waals surface area contributed by atoms with Gasteiger partial charge in [0.2, 0.25) is 17.7 Å². The number of benzene rings is 6. The highest BCUT2D eigenvalue weighted by Crippen LogP contribution is 2.34. The molecule has 100 heavy (non-hydrogen) atoms. The molecule has 13 N–H and O–H groups in total. The van der Waals surface area contributed by atoms with E-state index in [9.17, 15) is 16.8 Å². The quantitative estimate of drug-likeness (QED) is 0.0442. The van der Waals surface area contributed by atoms with Crippen LogP contribution in [0.2, 0.25) is 0 Å². The molecule has 0 amide bonds. The number of aromatic nitrogens is 12. The highest BCUT2D eigenvalue weighted by molar-refractivity contribution is 7.99. The van der Waals surface area contributed by atoms with Crippen molar-refractivity contribution in [3.8, 4) is 103 Å². The van der Waals surface area contributed by atoms with Gasteiger partial charge < -0.3 is 52.5 Å². The Kier molecular flexibility index (Phi) is 24.9. The molecule has 6 aromatic heterocycles. The van der Waals surface area contributed by atoms with Gasteiger partial charge in [-0.25, -0.2) is 41.8 Å². The zero-order valence-corrected chi connectivity index (χ0v) is 59.1. The summed E-state index contributed by atoms with van der Waals surface area (Å²) >= 11 is 1.84. The van der Waals surface area contributed by atoms with E-state index in [0.717, 1.165) is 57.9 Å². The lowest BCUT2D eigenvalue weighted by atomic mass is 10.1. The van der Waals surface area contributed by atoms with Crippen molar-refractivity contribution >= 4 is 43.1 Å². The third-order valence-corrected chi connectivity index (χ3v) is 20.6. The number of nitrogens with two attached hydrogens (primary N) is 4. The monoisotopic (exact) mass is 1410 g/mol. The first kappa shape index (κ1) is 75.4. The molecule has 0 aliphatic heterocycles. The zero-order valence-electron chi connectivity index (χ0n) is 56.6.